The molecule has 2 atom stereocenters. The number of allylic oxidation sites excluding steroid dienone is 1. The van der Waals surface area contributed by atoms with Crippen LogP contribution in [0.25, 0.3) is 10.8 Å². The maximum atomic E-state index is 13.1. The van der Waals surface area contributed by atoms with Gasteiger partial charge < -0.3 is 25.6 Å². The summed E-state index contributed by atoms with van der Waals surface area (Å²) in [5.41, 5.74) is 8.50. The SMILES string of the molecule is CCO[C@H](CC/C=C/C(=O)Nc1ccccc1N)[C@H](OC(=O)Nc1ccc(C#N)cc1)c1ccc(O)c2ccccc12. The number of ether oxygens (including phenoxy) is 2. The number of carbonyl (C=O) groups is 2. The van der Waals surface area contributed by atoms with Crippen molar-refractivity contribution in [3.63, 3.8) is 0 Å². The summed E-state index contributed by atoms with van der Waals surface area (Å²) in [7, 11) is 0. The Labute approximate surface area is 244 Å². The Morgan fingerprint density at radius 2 is 1.69 bits per heavy atom. The number of aromatic hydroxyl groups is 1. The molecule has 0 saturated carbocycles. The predicted octanol–water partition coefficient (Wildman–Crippen LogP) is 6.67. The van der Waals surface area contributed by atoms with Gasteiger partial charge in [-0.3, -0.25) is 10.1 Å². The number of carbonyl (C=O) groups excluding carboxylic acids is 2. The largest absolute Gasteiger partial charge is 0.507 e. The number of nitrogen functional groups attached to an aromatic ring is 1. The molecule has 4 aromatic rings. The second-order valence-corrected chi connectivity index (χ2v) is 9.41. The van der Waals surface area contributed by atoms with Crippen LogP contribution in [0.2, 0.25) is 0 Å². The Hall–Kier alpha value is -5.33. The van der Waals surface area contributed by atoms with Gasteiger partial charge in [-0.1, -0.05) is 48.5 Å². The van der Waals surface area contributed by atoms with Gasteiger partial charge in [0.05, 0.1) is 29.1 Å². The van der Waals surface area contributed by atoms with Crippen molar-refractivity contribution in [1.29, 1.82) is 5.26 Å². The third kappa shape index (κ3) is 7.65. The van der Waals surface area contributed by atoms with Gasteiger partial charge in [-0.05, 0) is 73.7 Å². The lowest BCUT2D eigenvalue weighted by atomic mass is 9.94. The minimum absolute atomic E-state index is 0.107. The number of hydrogen-bond donors (Lipinski definition) is 4. The number of fused-ring (bicyclic) bond motifs is 1. The first-order valence-corrected chi connectivity index (χ1v) is 13.5. The van der Waals surface area contributed by atoms with Crippen molar-refractivity contribution in [3.8, 4) is 11.8 Å². The van der Waals surface area contributed by atoms with E-state index in [-0.39, 0.29) is 11.7 Å². The summed E-state index contributed by atoms with van der Waals surface area (Å²) < 4.78 is 12.1. The fourth-order valence-electron chi connectivity index (χ4n) is 4.56. The van der Waals surface area contributed by atoms with E-state index in [1.54, 1.807) is 72.8 Å². The highest BCUT2D eigenvalue weighted by Gasteiger charge is 2.29. The number of nitrogens with zero attached hydrogens (tertiary/aromatic N) is 1. The average molecular weight is 565 g/mol. The van der Waals surface area contributed by atoms with Gasteiger partial charge >= 0.3 is 6.09 Å². The normalized spacial score (nSPS) is 12.4. The highest BCUT2D eigenvalue weighted by atomic mass is 16.6. The lowest BCUT2D eigenvalue weighted by molar-refractivity contribution is -0.111. The Kier molecular flexibility index (Phi) is 10.1. The molecule has 5 N–H and O–H groups in total. The van der Waals surface area contributed by atoms with Crippen LogP contribution >= 0.6 is 0 Å². The summed E-state index contributed by atoms with van der Waals surface area (Å²) in [4.78, 5) is 25.5. The summed E-state index contributed by atoms with van der Waals surface area (Å²) >= 11 is 0. The van der Waals surface area contributed by atoms with E-state index >= 15 is 0 Å². The Morgan fingerprint density at radius 1 is 0.976 bits per heavy atom. The van der Waals surface area contributed by atoms with Crippen molar-refractivity contribution in [2.24, 2.45) is 0 Å². The van der Waals surface area contributed by atoms with Gasteiger partial charge in [-0.2, -0.15) is 5.26 Å². The third-order valence-corrected chi connectivity index (χ3v) is 6.56. The number of phenolic OH excluding ortho intramolecular Hbond substituents is 1. The van der Waals surface area contributed by atoms with E-state index in [1.165, 1.54) is 6.08 Å². The number of nitrogens with two attached hydrogens (primary N) is 1. The Balaban J connectivity index is 1.55. The first kappa shape index (κ1) is 29.6. The number of amides is 2. The molecule has 0 heterocycles. The lowest BCUT2D eigenvalue weighted by Gasteiger charge is -2.28. The van der Waals surface area contributed by atoms with Crippen LogP contribution in [0.3, 0.4) is 0 Å². The Morgan fingerprint density at radius 3 is 2.40 bits per heavy atom. The molecule has 2 amide bonds. The van der Waals surface area contributed by atoms with Gasteiger partial charge in [0.25, 0.3) is 0 Å². The molecule has 0 aliphatic rings. The van der Waals surface area contributed by atoms with Crippen molar-refractivity contribution in [2.45, 2.75) is 32.0 Å². The molecular formula is C33H32N4O5. The first-order chi connectivity index (χ1) is 20.4. The quantitative estimate of drug-likeness (QED) is 0.117. The van der Waals surface area contributed by atoms with E-state index in [0.717, 1.165) is 0 Å². The summed E-state index contributed by atoms with van der Waals surface area (Å²) in [5, 5.41) is 26.3. The number of benzene rings is 4. The van der Waals surface area contributed by atoms with Gasteiger partial charge in [0.2, 0.25) is 5.91 Å². The number of hydrogen-bond acceptors (Lipinski definition) is 7. The molecule has 0 bridgehead atoms. The van der Waals surface area contributed by atoms with Crippen LogP contribution in [0.4, 0.5) is 21.9 Å². The molecule has 4 aromatic carbocycles. The smallest absolute Gasteiger partial charge is 0.412 e. The van der Waals surface area contributed by atoms with E-state index in [2.05, 4.69) is 10.6 Å². The molecule has 4 rings (SSSR count). The van der Waals surface area contributed by atoms with Gasteiger partial charge in [-0.15, -0.1) is 0 Å². The summed E-state index contributed by atoms with van der Waals surface area (Å²) in [6.07, 6.45) is 1.90. The molecule has 0 aromatic heterocycles. The highest BCUT2D eigenvalue weighted by Crippen LogP contribution is 2.36. The van der Waals surface area contributed by atoms with Crippen LogP contribution in [-0.4, -0.2) is 29.8 Å². The fraction of sp³-hybridized carbons (Fsp3) is 0.182. The lowest BCUT2D eigenvalue weighted by Crippen LogP contribution is -2.29. The molecule has 214 valence electrons. The maximum absolute atomic E-state index is 13.1. The van der Waals surface area contributed by atoms with Gasteiger partial charge in [0.15, 0.2) is 6.10 Å². The number of nitriles is 1. The number of rotatable bonds is 11. The van der Waals surface area contributed by atoms with Crippen molar-refractivity contribution >= 4 is 39.8 Å². The summed E-state index contributed by atoms with van der Waals surface area (Å²) in [6, 6.07) is 26.0. The van der Waals surface area contributed by atoms with E-state index in [4.69, 9.17) is 20.5 Å². The molecule has 0 aliphatic carbocycles. The van der Waals surface area contributed by atoms with Crippen LogP contribution in [0.15, 0.2) is 97.1 Å². The zero-order chi connectivity index (χ0) is 29.9. The van der Waals surface area contributed by atoms with E-state index < -0.39 is 18.3 Å². The molecule has 0 unspecified atom stereocenters. The predicted molar refractivity (Wildman–Crippen MR) is 163 cm³/mol. The topological polar surface area (TPSA) is 147 Å². The second kappa shape index (κ2) is 14.3. The molecule has 42 heavy (non-hydrogen) atoms. The van der Waals surface area contributed by atoms with Crippen LogP contribution in [0.5, 0.6) is 5.75 Å². The number of para-hydroxylation sites is 2. The van der Waals surface area contributed by atoms with Gasteiger partial charge in [0, 0.05) is 23.2 Å². The van der Waals surface area contributed by atoms with E-state index in [0.29, 0.717) is 58.4 Å². The Bertz CT molecular complexity index is 1610. The zero-order valence-electron chi connectivity index (χ0n) is 23.1. The minimum atomic E-state index is -0.847. The standard InChI is InChI=1S/C33H32N4O5/c1-2-41-30(13-7-8-14-31(39)37-28-12-6-5-11-27(28)35)32(26-19-20-29(38)25-10-4-3-9-24(25)26)42-33(40)36-23-17-15-22(21-34)16-18-23/h3-6,8-12,14-20,30,32,38H,2,7,13,35H2,1H3,(H,36,40)(H,37,39)/b14-8+/t30-,32-/m1/s1. The van der Waals surface area contributed by atoms with E-state index in [9.17, 15) is 14.7 Å². The van der Waals surface area contributed by atoms with Crippen molar-refractivity contribution in [1.82, 2.24) is 0 Å². The molecule has 0 spiro atoms. The van der Waals surface area contributed by atoms with E-state index in [1.807, 2.05) is 31.2 Å². The maximum Gasteiger partial charge on any atom is 0.412 e. The zero-order valence-corrected chi connectivity index (χ0v) is 23.1. The molecule has 9 nitrogen and oxygen atoms in total. The monoisotopic (exact) mass is 564 g/mol. The van der Waals surface area contributed by atoms with Crippen LogP contribution in [-0.2, 0) is 14.3 Å². The summed E-state index contributed by atoms with van der Waals surface area (Å²) in [6.45, 7) is 2.21. The fourth-order valence-corrected chi connectivity index (χ4v) is 4.56. The van der Waals surface area contributed by atoms with Gasteiger partial charge in [0.1, 0.15) is 5.75 Å². The second-order valence-electron chi connectivity index (χ2n) is 9.41. The van der Waals surface area contributed by atoms with Crippen molar-refractivity contribution in [2.75, 3.05) is 23.0 Å². The third-order valence-electron chi connectivity index (χ3n) is 6.56. The van der Waals surface area contributed by atoms with Crippen LogP contribution < -0.4 is 16.4 Å². The number of anilines is 3. The van der Waals surface area contributed by atoms with Crippen LogP contribution in [0.1, 0.15) is 37.0 Å². The molecule has 0 saturated heterocycles. The highest BCUT2D eigenvalue weighted by molar-refractivity contribution is 6.01. The molecular weight excluding hydrogens is 532 g/mol. The molecule has 0 aliphatic heterocycles. The summed E-state index contributed by atoms with van der Waals surface area (Å²) in [5.74, 6) is -0.212. The minimum Gasteiger partial charge on any atom is -0.507 e. The van der Waals surface area contributed by atoms with Crippen molar-refractivity contribution < 1.29 is 24.2 Å². The molecule has 0 fully saturated rings. The number of phenols is 1. The molecule has 9 heteroatoms. The van der Waals surface area contributed by atoms with Crippen molar-refractivity contribution in [3.05, 3.63) is 108 Å². The molecule has 0 radical (unpaired) electrons. The first-order valence-electron chi connectivity index (χ1n) is 13.5. The van der Waals surface area contributed by atoms with Gasteiger partial charge in [-0.25, -0.2) is 4.79 Å². The number of nitrogens with one attached hydrogen (secondary N) is 2. The average Bonchev–Trinajstić information content (AvgIpc) is 3.00. The van der Waals surface area contributed by atoms with Crippen LogP contribution in [0, 0.1) is 11.3 Å².